The fraction of sp³-hybridized carbons (Fsp3) is 0.267. The zero-order valence-corrected chi connectivity index (χ0v) is 19.6. The van der Waals surface area contributed by atoms with E-state index in [0.717, 1.165) is 41.7 Å². The summed E-state index contributed by atoms with van der Waals surface area (Å²) in [5.41, 5.74) is 6.27. The van der Waals surface area contributed by atoms with Crippen LogP contribution in [0.2, 0.25) is 0 Å². The van der Waals surface area contributed by atoms with Crippen LogP contribution in [0.1, 0.15) is 66.8 Å². The van der Waals surface area contributed by atoms with Gasteiger partial charge in [-0.1, -0.05) is 91.9 Å². The van der Waals surface area contributed by atoms with Crippen LogP contribution in [0.3, 0.4) is 0 Å². The third-order valence-corrected chi connectivity index (χ3v) is 5.79. The van der Waals surface area contributed by atoms with E-state index in [1.54, 1.807) is 13.1 Å². The van der Waals surface area contributed by atoms with Crippen molar-refractivity contribution < 1.29 is 4.39 Å². The first-order valence-electron chi connectivity index (χ1n) is 11.7. The molecule has 0 aliphatic carbocycles. The van der Waals surface area contributed by atoms with Crippen molar-refractivity contribution >= 4 is 11.9 Å². The van der Waals surface area contributed by atoms with Gasteiger partial charge < -0.3 is 0 Å². The largest absolute Gasteiger partial charge is 0.248 e. The summed E-state index contributed by atoms with van der Waals surface area (Å²) in [4.78, 5) is 0. The molecule has 0 amide bonds. The summed E-state index contributed by atoms with van der Waals surface area (Å²) < 4.78 is 13.6. The van der Waals surface area contributed by atoms with Crippen molar-refractivity contribution in [1.29, 1.82) is 0 Å². The maximum absolute atomic E-state index is 13.6. The zero-order valence-electron chi connectivity index (χ0n) is 19.6. The number of nitrogens with zero attached hydrogens (tertiary/aromatic N) is 2. The van der Waals surface area contributed by atoms with E-state index in [9.17, 15) is 4.39 Å². The number of rotatable bonds is 11. The Kier molecular flexibility index (Phi) is 9.31. The molecule has 0 fully saturated rings. The summed E-state index contributed by atoms with van der Waals surface area (Å²) >= 11 is 0. The van der Waals surface area contributed by atoms with Crippen LogP contribution in [-0.4, -0.2) is 18.1 Å². The number of aryl methyl sites for hydroxylation is 1. The van der Waals surface area contributed by atoms with Crippen molar-refractivity contribution in [2.24, 2.45) is 10.2 Å². The number of alkyl halides is 1. The molecule has 0 bridgehead atoms. The van der Waals surface area contributed by atoms with E-state index in [-0.39, 0.29) is 5.92 Å². The Labute approximate surface area is 197 Å². The summed E-state index contributed by atoms with van der Waals surface area (Å²) in [6.45, 7) is 7.52. The van der Waals surface area contributed by atoms with Gasteiger partial charge in [0, 0.05) is 11.1 Å². The number of allylic oxidation sites excluding steroid dienone is 1. The molecule has 0 saturated heterocycles. The Morgan fingerprint density at radius 2 is 1.61 bits per heavy atom. The highest BCUT2D eigenvalue weighted by Gasteiger charge is 2.14. The highest BCUT2D eigenvalue weighted by atomic mass is 19.1. The van der Waals surface area contributed by atoms with Crippen molar-refractivity contribution in [3.63, 3.8) is 0 Å². The van der Waals surface area contributed by atoms with Gasteiger partial charge in [0.25, 0.3) is 0 Å². The maximum Gasteiger partial charge on any atom is 0.100 e. The molecule has 2 nitrogen and oxygen atoms in total. The molecule has 0 aliphatic rings. The summed E-state index contributed by atoms with van der Waals surface area (Å²) in [5, 5.41) is 8.98. The van der Waals surface area contributed by atoms with E-state index in [0.29, 0.717) is 6.42 Å². The third kappa shape index (κ3) is 7.35. The van der Waals surface area contributed by atoms with E-state index < -0.39 is 6.17 Å². The summed E-state index contributed by atoms with van der Waals surface area (Å²) in [7, 11) is 0. The first-order valence-corrected chi connectivity index (χ1v) is 11.7. The van der Waals surface area contributed by atoms with Crippen LogP contribution in [0.25, 0.3) is 0 Å². The number of hydrogen-bond donors (Lipinski definition) is 0. The topological polar surface area (TPSA) is 24.7 Å². The zero-order chi connectivity index (χ0) is 23.5. The van der Waals surface area contributed by atoms with Gasteiger partial charge in [-0.2, -0.15) is 5.10 Å². The van der Waals surface area contributed by atoms with Crippen molar-refractivity contribution in [3.05, 3.63) is 119 Å². The minimum atomic E-state index is -0.804. The van der Waals surface area contributed by atoms with Crippen molar-refractivity contribution in [2.75, 3.05) is 0 Å². The lowest BCUT2D eigenvalue weighted by Gasteiger charge is -2.16. The van der Waals surface area contributed by atoms with Gasteiger partial charge in [0.2, 0.25) is 0 Å². The molecule has 0 N–H and O–H groups in total. The summed E-state index contributed by atoms with van der Waals surface area (Å²) in [5.74, 6) is 0.226. The molecule has 33 heavy (non-hydrogen) atoms. The number of benzene rings is 3. The van der Waals surface area contributed by atoms with Crippen molar-refractivity contribution in [1.82, 2.24) is 0 Å². The van der Waals surface area contributed by atoms with E-state index >= 15 is 0 Å². The minimum absolute atomic E-state index is 0.226. The Bertz CT molecular complexity index is 1050. The third-order valence-electron chi connectivity index (χ3n) is 5.79. The van der Waals surface area contributed by atoms with Crippen LogP contribution in [0.15, 0.2) is 102 Å². The van der Waals surface area contributed by atoms with Crippen LogP contribution >= 0.6 is 0 Å². The SMILES string of the molecule is C=CCCc1ccc(C=NN=C(c2ccccc2)c2ccc(C(CC)CC(C)F)cc2)cc1. The molecule has 3 aromatic carbocycles. The van der Waals surface area contributed by atoms with Gasteiger partial charge in [-0.05, 0) is 55.2 Å². The molecule has 0 aliphatic heterocycles. The van der Waals surface area contributed by atoms with E-state index in [4.69, 9.17) is 0 Å². The van der Waals surface area contributed by atoms with Crippen LogP contribution in [0.4, 0.5) is 4.39 Å². The predicted octanol–water partition coefficient (Wildman–Crippen LogP) is 7.92. The molecule has 2 atom stereocenters. The normalized spacial score (nSPS) is 13.7. The van der Waals surface area contributed by atoms with Gasteiger partial charge in [0.1, 0.15) is 5.71 Å². The molecule has 2 unspecified atom stereocenters. The van der Waals surface area contributed by atoms with Crippen LogP contribution in [-0.2, 0) is 6.42 Å². The first kappa shape index (κ1) is 24.3. The Balaban J connectivity index is 1.84. The van der Waals surface area contributed by atoms with Crippen molar-refractivity contribution in [2.45, 2.75) is 51.6 Å². The highest BCUT2D eigenvalue weighted by molar-refractivity contribution is 6.13. The second-order valence-corrected chi connectivity index (χ2v) is 8.37. The molecule has 0 radical (unpaired) electrons. The quantitative estimate of drug-likeness (QED) is 0.164. The number of hydrogen-bond acceptors (Lipinski definition) is 2. The lowest BCUT2D eigenvalue weighted by atomic mass is 9.90. The Morgan fingerprint density at radius 1 is 0.939 bits per heavy atom. The molecule has 0 saturated carbocycles. The van der Waals surface area contributed by atoms with Gasteiger partial charge in [0.05, 0.1) is 12.4 Å². The minimum Gasteiger partial charge on any atom is -0.248 e. The molecule has 3 rings (SSSR count). The Hall–Kier alpha value is -3.33. The molecule has 0 aromatic heterocycles. The average Bonchev–Trinajstić information content (AvgIpc) is 2.85. The second-order valence-electron chi connectivity index (χ2n) is 8.37. The molecular formula is C30H33FN2. The second kappa shape index (κ2) is 12.6. The predicted molar refractivity (Wildman–Crippen MR) is 139 cm³/mol. The molecule has 0 spiro atoms. The summed E-state index contributed by atoms with van der Waals surface area (Å²) in [6.07, 6.45) is 6.35. The molecule has 170 valence electrons. The average molecular weight is 441 g/mol. The Morgan fingerprint density at radius 3 is 2.21 bits per heavy atom. The fourth-order valence-corrected chi connectivity index (χ4v) is 3.91. The van der Waals surface area contributed by atoms with Crippen LogP contribution < -0.4 is 0 Å². The van der Waals surface area contributed by atoms with Crippen molar-refractivity contribution in [3.8, 4) is 0 Å². The first-order chi connectivity index (χ1) is 16.1. The standard InChI is InChI=1S/C30H33FN2/c1-4-6-10-24-13-15-25(16-14-24)22-32-33-30(28-11-8-7-9-12-28)29-19-17-27(18-20-29)26(5-2)21-23(3)31/h4,7-9,11-20,22-23,26H,1,5-6,10,21H2,2-3H3. The highest BCUT2D eigenvalue weighted by Crippen LogP contribution is 2.26. The lowest BCUT2D eigenvalue weighted by molar-refractivity contribution is 0.316. The fourth-order valence-electron chi connectivity index (χ4n) is 3.91. The van der Waals surface area contributed by atoms with Gasteiger partial charge in [0.15, 0.2) is 0 Å². The maximum atomic E-state index is 13.6. The van der Waals surface area contributed by atoms with E-state index in [1.807, 2.05) is 36.4 Å². The molecule has 3 aromatic rings. The van der Waals surface area contributed by atoms with Gasteiger partial charge in [-0.3, -0.25) is 0 Å². The molecule has 0 heterocycles. The van der Waals surface area contributed by atoms with Crippen LogP contribution in [0.5, 0.6) is 0 Å². The van der Waals surface area contributed by atoms with Gasteiger partial charge in [-0.25, -0.2) is 4.39 Å². The molecule has 3 heteroatoms. The monoisotopic (exact) mass is 440 g/mol. The lowest BCUT2D eigenvalue weighted by Crippen LogP contribution is -2.06. The molecular weight excluding hydrogens is 407 g/mol. The smallest absolute Gasteiger partial charge is 0.100 e. The number of halogens is 1. The summed E-state index contributed by atoms with van der Waals surface area (Å²) in [6, 6.07) is 26.7. The van der Waals surface area contributed by atoms with Gasteiger partial charge in [-0.15, -0.1) is 11.7 Å². The van der Waals surface area contributed by atoms with Crippen LogP contribution in [0, 0.1) is 0 Å². The van der Waals surface area contributed by atoms with E-state index in [2.05, 4.69) is 72.2 Å². The van der Waals surface area contributed by atoms with Gasteiger partial charge >= 0.3 is 0 Å². The van der Waals surface area contributed by atoms with E-state index in [1.165, 1.54) is 11.1 Å².